The van der Waals surface area contributed by atoms with E-state index in [2.05, 4.69) is 10.1 Å². The highest BCUT2D eigenvalue weighted by Gasteiger charge is 2.01. The molecule has 0 aromatic heterocycles. The van der Waals surface area contributed by atoms with E-state index in [0.29, 0.717) is 39.6 Å². The van der Waals surface area contributed by atoms with E-state index >= 15 is 0 Å². The van der Waals surface area contributed by atoms with Gasteiger partial charge in [-0.15, -0.1) is 11.6 Å². The van der Waals surface area contributed by atoms with Crippen LogP contribution in [0.1, 0.15) is 25.7 Å². The van der Waals surface area contributed by atoms with Crippen LogP contribution in [-0.4, -0.2) is 90.7 Å². The zero-order valence-electron chi connectivity index (χ0n) is 17.0. The van der Waals surface area contributed by atoms with Gasteiger partial charge < -0.3 is 39.5 Å². The molecule has 0 aliphatic carbocycles. The Morgan fingerprint density at radius 3 is 1.79 bits per heavy atom. The highest BCUT2D eigenvalue weighted by Crippen LogP contribution is 2.01. The van der Waals surface area contributed by atoms with Crippen LogP contribution in [0, 0.1) is 0 Å². The molecule has 0 aromatic carbocycles. The minimum atomic E-state index is -0.832. The molecule has 2 amide bonds. The molecule has 0 spiro atoms. The number of amides is 2. The Kier molecular flexibility index (Phi) is 21.9. The minimum absolute atomic E-state index is 0.102. The zero-order valence-corrected chi connectivity index (χ0v) is 17.8. The number of rotatable bonds is 21. The maximum atomic E-state index is 11.4. The molecule has 0 heterocycles. The Morgan fingerprint density at radius 2 is 1.17 bits per heavy atom. The van der Waals surface area contributed by atoms with Crippen LogP contribution in [0.2, 0.25) is 0 Å². The molecule has 172 valence electrons. The predicted octanol–water partition coefficient (Wildman–Crippen LogP) is 1.67. The van der Waals surface area contributed by atoms with Gasteiger partial charge in [0.2, 0.25) is 0 Å². The fourth-order valence-electron chi connectivity index (χ4n) is 1.97. The van der Waals surface area contributed by atoms with E-state index < -0.39 is 12.2 Å². The molecule has 0 bridgehead atoms. The number of carbonyl (C=O) groups is 2. The van der Waals surface area contributed by atoms with Gasteiger partial charge in [-0.25, -0.2) is 9.59 Å². The molecule has 10 nitrogen and oxygen atoms in total. The SMILES string of the molecule is NC(=O)OCCOCCOCCOC(=O)NCCOCCOCCCCCCCl. The molecule has 11 heteroatoms. The van der Waals surface area contributed by atoms with Crippen LogP contribution in [0.3, 0.4) is 0 Å². The Bertz CT molecular complexity index is 391. The summed E-state index contributed by atoms with van der Waals surface area (Å²) < 4.78 is 30.6. The van der Waals surface area contributed by atoms with E-state index in [1.54, 1.807) is 0 Å². The van der Waals surface area contributed by atoms with Gasteiger partial charge in [-0.05, 0) is 12.8 Å². The molecule has 0 aliphatic heterocycles. The van der Waals surface area contributed by atoms with Crippen molar-refractivity contribution in [1.82, 2.24) is 5.32 Å². The fourth-order valence-corrected chi connectivity index (χ4v) is 2.16. The summed E-state index contributed by atoms with van der Waals surface area (Å²) in [6.07, 6.45) is 3.01. The van der Waals surface area contributed by atoms with E-state index in [-0.39, 0.29) is 26.4 Å². The summed E-state index contributed by atoms with van der Waals surface area (Å²) in [6, 6.07) is 0. The maximum Gasteiger partial charge on any atom is 0.407 e. The lowest BCUT2D eigenvalue weighted by Gasteiger charge is -2.09. The molecule has 0 atom stereocenters. The third-order valence-electron chi connectivity index (χ3n) is 3.36. The first-order chi connectivity index (χ1) is 14.2. The molecule has 0 saturated carbocycles. The van der Waals surface area contributed by atoms with Gasteiger partial charge in [0, 0.05) is 19.0 Å². The monoisotopic (exact) mass is 442 g/mol. The largest absolute Gasteiger partial charge is 0.447 e. The number of unbranched alkanes of at least 4 members (excludes halogenated alkanes) is 3. The van der Waals surface area contributed by atoms with E-state index in [1.165, 1.54) is 0 Å². The predicted molar refractivity (Wildman–Crippen MR) is 107 cm³/mol. The molecule has 0 radical (unpaired) electrons. The van der Waals surface area contributed by atoms with Crippen molar-refractivity contribution in [2.45, 2.75) is 25.7 Å². The standard InChI is InChI=1S/C18H35ClN2O8/c19-5-3-1-2-4-7-24-9-10-25-8-6-21-18(23)29-16-14-27-12-11-26-13-15-28-17(20)22/h1-16H2,(H2,20,22)(H,21,23). The number of nitrogens with two attached hydrogens (primary N) is 1. The molecule has 3 N–H and O–H groups in total. The van der Waals surface area contributed by atoms with E-state index in [9.17, 15) is 9.59 Å². The third kappa shape index (κ3) is 24.6. The average Bonchev–Trinajstić information content (AvgIpc) is 2.70. The second kappa shape index (κ2) is 23.0. The van der Waals surface area contributed by atoms with Crippen LogP contribution >= 0.6 is 11.6 Å². The van der Waals surface area contributed by atoms with Gasteiger partial charge in [-0.3, -0.25) is 0 Å². The quantitative estimate of drug-likeness (QED) is 0.203. The molecule has 29 heavy (non-hydrogen) atoms. The van der Waals surface area contributed by atoms with Gasteiger partial charge in [0.1, 0.15) is 13.2 Å². The third-order valence-corrected chi connectivity index (χ3v) is 3.63. The van der Waals surface area contributed by atoms with Crippen molar-refractivity contribution in [2.75, 3.05) is 78.5 Å². The summed E-state index contributed by atoms with van der Waals surface area (Å²) in [6.45, 7) is 3.93. The summed E-state index contributed by atoms with van der Waals surface area (Å²) in [4.78, 5) is 21.7. The lowest BCUT2D eigenvalue weighted by atomic mass is 10.2. The van der Waals surface area contributed by atoms with Gasteiger partial charge in [0.25, 0.3) is 0 Å². The highest BCUT2D eigenvalue weighted by molar-refractivity contribution is 6.17. The molecular weight excluding hydrogens is 408 g/mol. The Morgan fingerprint density at radius 1 is 0.655 bits per heavy atom. The molecular formula is C18H35ClN2O8. The molecule has 0 saturated heterocycles. The summed E-state index contributed by atoms with van der Waals surface area (Å²) in [5.74, 6) is 0.720. The van der Waals surface area contributed by atoms with Crippen molar-refractivity contribution in [2.24, 2.45) is 5.73 Å². The summed E-state index contributed by atoms with van der Waals surface area (Å²) in [5, 5.41) is 2.58. The molecule has 0 fully saturated rings. The summed E-state index contributed by atoms with van der Waals surface area (Å²) in [5.41, 5.74) is 4.79. The van der Waals surface area contributed by atoms with Crippen LogP contribution in [0.15, 0.2) is 0 Å². The van der Waals surface area contributed by atoms with Crippen LogP contribution in [0.25, 0.3) is 0 Å². The molecule has 0 rings (SSSR count). The number of hydrogen-bond acceptors (Lipinski definition) is 8. The molecule has 0 unspecified atom stereocenters. The number of ether oxygens (including phenoxy) is 6. The highest BCUT2D eigenvalue weighted by atomic mass is 35.5. The first-order valence-electron chi connectivity index (χ1n) is 9.86. The van der Waals surface area contributed by atoms with E-state index in [1.807, 2.05) is 0 Å². The van der Waals surface area contributed by atoms with E-state index in [4.69, 9.17) is 41.0 Å². The maximum absolute atomic E-state index is 11.4. The smallest absolute Gasteiger partial charge is 0.407 e. The molecule has 0 aromatic rings. The molecule has 0 aliphatic rings. The van der Waals surface area contributed by atoms with Crippen molar-refractivity contribution in [3.8, 4) is 0 Å². The Labute approximate surface area is 177 Å². The number of hydrogen-bond donors (Lipinski definition) is 2. The number of nitrogens with one attached hydrogen (secondary N) is 1. The van der Waals surface area contributed by atoms with Crippen LogP contribution < -0.4 is 11.1 Å². The van der Waals surface area contributed by atoms with Crippen molar-refractivity contribution in [1.29, 1.82) is 0 Å². The van der Waals surface area contributed by atoms with Gasteiger partial charge in [0.15, 0.2) is 0 Å². The number of alkyl halides is 1. The van der Waals surface area contributed by atoms with Crippen LogP contribution in [-0.2, 0) is 28.4 Å². The van der Waals surface area contributed by atoms with Crippen LogP contribution in [0.5, 0.6) is 0 Å². The number of primary amides is 1. The lowest BCUT2D eigenvalue weighted by Crippen LogP contribution is -2.29. The minimum Gasteiger partial charge on any atom is -0.447 e. The number of carbonyl (C=O) groups excluding carboxylic acids is 2. The van der Waals surface area contributed by atoms with Gasteiger partial charge in [0.05, 0.1) is 46.2 Å². The van der Waals surface area contributed by atoms with Crippen molar-refractivity contribution in [3.63, 3.8) is 0 Å². The second-order valence-electron chi connectivity index (χ2n) is 5.78. The first-order valence-corrected chi connectivity index (χ1v) is 10.4. The summed E-state index contributed by atoms with van der Waals surface area (Å²) >= 11 is 5.61. The van der Waals surface area contributed by atoms with Crippen molar-refractivity contribution in [3.05, 3.63) is 0 Å². The number of alkyl carbamates (subject to hydrolysis) is 1. The summed E-state index contributed by atoms with van der Waals surface area (Å²) in [7, 11) is 0. The lowest BCUT2D eigenvalue weighted by molar-refractivity contribution is 0.0159. The van der Waals surface area contributed by atoms with E-state index in [0.717, 1.165) is 38.2 Å². The zero-order chi connectivity index (χ0) is 21.4. The van der Waals surface area contributed by atoms with Crippen LogP contribution in [0.4, 0.5) is 9.59 Å². The van der Waals surface area contributed by atoms with Gasteiger partial charge in [-0.1, -0.05) is 12.8 Å². The normalized spacial score (nSPS) is 10.7. The Balaban J connectivity index is 3.16. The number of halogens is 1. The average molecular weight is 443 g/mol. The van der Waals surface area contributed by atoms with Crippen molar-refractivity contribution < 1.29 is 38.0 Å². The first kappa shape index (κ1) is 27.7. The second-order valence-corrected chi connectivity index (χ2v) is 6.16. The van der Waals surface area contributed by atoms with Gasteiger partial charge in [-0.2, -0.15) is 0 Å². The van der Waals surface area contributed by atoms with Gasteiger partial charge >= 0.3 is 12.2 Å². The fraction of sp³-hybridized carbons (Fsp3) is 0.889. The Hall–Kier alpha value is -1.33. The topological polar surface area (TPSA) is 128 Å². The van der Waals surface area contributed by atoms with Crippen molar-refractivity contribution >= 4 is 23.8 Å².